The number of aliphatic carboxylic acids is 1. The van der Waals surface area contributed by atoms with Crippen molar-refractivity contribution < 1.29 is 23.5 Å². The number of carboxylic acids is 1. The smallest absolute Gasteiger partial charge is 0.311 e. The van der Waals surface area contributed by atoms with E-state index in [-0.39, 0.29) is 12.1 Å². The Balaban J connectivity index is 2.19. The summed E-state index contributed by atoms with van der Waals surface area (Å²) >= 11 is 0. The lowest BCUT2D eigenvalue weighted by Gasteiger charge is -2.23. The molecule has 0 saturated carbocycles. The molecule has 1 heterocycles. The molecule has 1 fully saturated rings. The first-order valence-corrected chi connectivity index (χ1v) is 6.37. The molecule has 1 N–H and O–H groups in total. The molecule has 0 bridgehead atoms. The highest BCUT2D eigenvalue weighted by Gasteiger charge is 2.44. The van der Waals surface area contributed by atoms with Crippen LogP contribution >= 0.6 is 0 Å². The maximum Gasteiger partial charge on any atom is 0.311 e. The third-order valence-electron chi connectivity index (χ3n) is 3.94. The zero-order chi connectivity index (χ0) is 14.9. The van der Waals surface area contributed by atoms with Crippen LogP contribution in [-0.2, 0) is 4.79 Å². The monoisotopic (exact) mass is 283 g/mol. The van der Waals surface area contributed by atoms with Gasteiger partial charge in [-0.05, 0) is 31.0 Å². The molecule has 20 heavy (non-hydrogen) atoms. The Hall–Kier alpha value is -1.98. The van der Waals surface area contributed by atoms with Gasteiger partial charge in [0.1, 0.15) is 0 Å². The Morgan fingerprint density at radius 2 is 2.05 bits per heavy atom. The van der Waals surface area contributed by atoms with Crippen LogP contribution in [0.5, 0.6) is 0 Å². The van der Waals surface area contributed by atoms with E-state index in [2.05, 4.69) is 0 Å². The summed E-state index contributed by atoms with van der Waals surface area (Å²) in [5, 5.41) is 9.27. The molecule has 1 unspecified atom stereocenters. The van der Waals surface area contributed by atoms with Gasteiger partial charge in [0.25, 0.3) is 5.91 Å². The van der Waals surface area contributed by atoms with Crippen LogP contribution in [0.3, 0.4) is 0 Å². The first kappa shape index (κ1) is 14.4. The minimum atomic E-state index is -1.09. The van der Waals surface area contributed by atoms with Gasteiger partial charge in [0.2, 0.25) is 0 Å². The second-order valence-corrected chi connectivity index (χ2v) is 5.04. The molecule has 0 radical (unpaired) electrons. The van der Waals surface area contributed by atoms with Gasteiger partial charge in [-0.2, -0.15) is 0 Å². The van der Waals surface area contributed by atoms with Crippen molar-refractivity contribution in [3.05, 3.63) is 35.4 Å². The van der Waals surface area contributed by atoms with Crippen molar-refractivity contribution in [2.75, 3.05) is 13.1 Å². The van der Waals surface area contributed by atoms with E-state index in [0.717, 1.165) is 12.1 Å². The van der Waals surface area contributed by atoms with Crippen LogP contribution in [0.25, 0.3) is 0 Å². The predicted octanol–water partition coefficient (Wildman–Crippen LogP) is 2.29. The van der Waals surface area contributed by atoms with E-state index in [4.69, 9.17) is 0 Å². The highest BCUT2D eigenvalue weighted by Crippen LogP contribution is 2.34. The first-order valence-electron chi connectivity index (χ1n) is 6.37. The molecule has 1 aliphatic heterocycles. The van der Waals surface area contributed by atoms with Crippen molar-refractivity contribution in [1.29, 1.82) is 0 Å². The lowest BCUT2D eigenvalue weighted by atomic mass is 9.84. The van der Waals surface area contributed by atoms with Crippen molar-refractivity contribution in [2.45, 2.75) is 19.8 Å². The predicted molar refractivity (Wildman–Crippen MR) is 67.2 cm³/mol. The van der Waals surface area contributed by atoms with Crippen molar-refractivity contribution in [3.63, 3.8) is 0 Å². The normalized spacial score (nSPS) is 22.1. The fraction of sp³-hybridized carbons (Fsp3) is 0.429. The molecular formula is C14H15F2NO3. The van der Waals surface area contributed by atoms with Crippen LogP contribution in [0.4, 0.5) is 8.78 Å². The average molecular weight is 283 g/mol. The minimum Gasteiger partial charge on any atom is -0.481 e. The van der Waals surface area contributed by atoms with Crippen molar-refractivity contribution >= 4 is 11.9 Å². The lowest BCUT2D eigenvalue weighted by molar-refractivity contribution is -0.148. The Morgan fingerprint density at radius 3 is 2.55 bits per heavy atom. The van der Waals surface area contributed by atoms with Gasteiger partial charge >= 0.3 is 5.97 Å². The summed E-state index contributed by atoms with van der Waals surface area (Å²) in [6, 6.07) is 2.93. The number of benzene rings is 1. The molecule has 1 aromatic carbocycles. The highest BCUT2D eigenvalue weighted by molar-refractivity contribution is 5.95. The molecule has 0 aliphatic carbocycles. The molecule has 108 valence electrons. The number of hydrogen-bond acceptors (Lipinski definition) is 2. The maximum atomic E-state index is 13.1. The largest absolute Gasteiger partial charge is 0.481 e. The van der Waals surface area contributed by atoms with E-state index in [9.17, 15) is 23.5 Å². The molecule has 2 rings (SSSR count). The number of rotatable bonds is 3. The molecule has 1 amide bonds. The van der Waals surface area contributed by atoms with Crippen molar-refractivity contribution in [2.24, 2.45) is 5.41 Å². The van der Waals surface area contributed by atoms with Crippen LogP contribution < -0.4 is 0 Å². The molecule has 1 aliphatic rings. The summed E-state index contributed by atoms with van der Waals surface area (Å²) in [7, 11) is 0. The van der Waals surface area contributed by atoms with Gasteiger partial charge in [-0.1, -0.05) is 6.92 Å². The van der Waals surface area contributed by atoms with Crippen LogP contribution in [0.1, 0.15) is 30.1 Å². The Morgan fingerprint density at radius 1 is 1.35 bits per heavy atom. The van der Waals surface area contributed by atoms with Crippen LogP contribution in [0.15, 0.2) is 18.2 Å². The fourth-order valence-electron chi connectivity index (χ4n) is 2.47. The molecular weight excluding hydrogens is 268 g/mol. The number of nitrogens with zero attached hydrogens (tertiary/aromatic N) is 1. The summed E-state index contributed by atoms with van der Waals surface area (Å²) in [5.41, 5.74) is -0.907. The van der Waals surface area contributed by atoms with Gasteiger partial charge in [-0.25, -0.2) is 8.78 Å². The van der Waals surface area contributed by atoms with Crippen LogP contribution in [0, 0.1) is 17.0 Å². The second kappa shape index (κ2) is 5.19. The number of likely N-dealkylation sites (tertiary alicyclic amines) is 1. The zero-order valence-electron chi connectivity index (χ0n) is 11.0. The summed E-state index contributed by atoms with van der Waals surface area (Å²) in [6.07, 6.45) is 0.790. The van der Waals surface area contributed by atoms with Crippen molar-refractivity contribution in [1.82, 2.24) is 4.90 Å². The summed E-state index contributed by atoms with van der Waals surface area (Å²) < 4.78 is 26.0. The van der Waals surface area contributed by atoms with Crippen LogP contribution in [0.2, 0.25) is 0 Å². The van der Waals surface area contributed by atoms with Gasteiger partial charge in [-0.15, -0.1) is 0 Å². The molecule has 1 atom stereocenters. The van der Waals surface area contributed by atoms with E-state index in [0.29, 0.717) is 19.4 Å². The van der Waals surface area contributed by atoms with E-state index in [1.807, 2.05) is 0 Å². The van der Waals surface area contributed by atoms with Gasteiger partial charge in [0.05, 0.1) is 5.41 Å². The Bertz CT molecular complexity index is 561. The highest BCUT2D eigenvalue weighted by atomic mass is 19.2. The quantitative estimate of drug-likeness (QED) is 0.926. The number of carbonyl (C=O) groups excluding carboxylic acids is 1. The number of carboxylic acid groups (broad SMARTS) is 1. The van der Waals surface area contributed by atoms with Gasteiger partial charge in [0.15, 0.2) is 11.6 Å². The van der Waals surface area contributed by atoms with Crippen LogP contribution in [-0.4, -0.2) is 35.0 Å². The molecule has 4 nitrogen and oxygen atoms in total. The number of hydrogen-bond donors (Lipinski definition) is 1. The number of amides is 1. The molecule has 6 heteroatoms. The Kier molecular flexibility index (Phi) is 3.74. The van der Waals surface area contributed by atoms with Gasteiger partial charge in [-0.3, -0.25) is 9.59 Å². The van der Waals surface area contributed by atoms with E-state index < -0.39 is 28.9 Å². The third-order valence-corrected chi connectivity index (χ3v) is 3.94. The molecule has 0 aromatic heterocycles. The van der Waals surface area contributed by atoms with E-state index >= 15 is 0 Å². The second-order valence-electron chi connectivity index (χ2n) is 5.04. The third kappa shape index (κ3) is 2.37. The van der Waals surface area contributed by atoms with E-state index in [1.54, 1.807) is 6.92 Å². The summed E-state index contributed by atoms with van der Waals surface area (Å²) in [5.74, 6) is -3.51. The van der Waals surface area contributed by atoms with Gasteiger partial charge < -0.3 is 10.0 Å². The molecule has 0 spiro atoms. The standard InChI is InChI=1S/C14H15F2NO3/c1-2-14(13(19)20)5-6-17(8-14)12(18)9-3-4-10(15)11(16)7-9/h3-4,7H,2,5-6,8H2,1H3,(H,19,20). The molecule has 1 aromatic rings. The fourth-order valence-corrected chi connectivity index (χ4v) is 2.47. The van der Waals surface area contributed by atoms with Gasteiger partial charge in [0, 0.05) is 18.7 Å². The lowest BCUT2D eigenvalue weighted by Crippen LogP contribution is -2.36. The Labute approximate surface area is 115 Å². The minimum absolute atomic E-state index is 0.0289. The van der Waals surface area contributed by atoms with Crippen molar-refractivity contribution in [3.8, 4) is 0 Å². The SMILES string of the molecule is CCC1(C(=O)O)CCN(C(=O)c2ccc(F)c(F)c2)C1. The maximum absolute atomic E-state index is 13.1. The average Bonchev–Trinajstić information content (AvgIpc) is 2.87. The number of carbonyl (C=O) groups is 2. The van der Waals surface area contributed by atoms with E-state index in [1.165, 1.54) is 11.0 Å². The topological polar surface area (TPSA) is 57.6 Å². The summed E-state index contributed by atoms with van der Waals surface area (Å²) in [6.45, 7) is 2.16. The molecule has 1 saturated heterocycles. The first-order chi connectivity index (χ1) is 9.39. The zero-order valence-corrected chi connectivity index (χ0v) is 11.0. The summed E-state index contributed by atoms with van der Waals surface area (Å²) in [4.78, 5) is 24.9. The number of halogens is 2.